The van der Waals surface area contributed by atoms with Crippen LogP contribution >= 0.6 is 0 Å². The molecule has 17 heavy (non-hydrogen) atoms. The zero-order valence-electron chi connectivity index (χ0n) is 10.2. The predicted octanol–water partition coefficient (Wildman–Crippen LogP) is 1.23. The molecule has 0 aliphatic rings. The zero-order chi connectivity index (χ0) is 12.8. The molecule has 1 aromatic carbocycles. The van der Waals surface area contributed by atoms with Crippen molar-refractivity contribution in [1.29, 1.82) is 0 Å². The van der Waals surface area contributed by atoms with Gasteiger partial charge in [0.1, 0.15) is 11.6 Å². The van der Waals surface area contributed by atoms with E-state index >= 15 is 0 Å². The molecule has 0 fully saturated rings. The van der Waals surface area contributed by atoms with Crippen molar-refractivity contribution in [2.24, 2.45) is 0 Å². The number of carbonyl (C=O) groups is 1. The average molecular weight is 240 g/mol. The maximum absolute atomic E-state index is 13.7. The lowest BCUT2D eigenvalue weighted by molar-refractivity contribution is -0.122. The number of hydrogen-bond donors (Lipinski definition) is 2. The van der Waals surface area contributed by atoms with Gasteiger partial charge in [-0.3, -0.25) is 4.79 Å². The Bertz CT molecular complexity index is 396. The van der Waals surface area contributed by atoms with Gasteiger partial charge >= 0.3 is 0 Å². The summed E-state index contributed by atoms with van der Waals surface area (Å²) < 4.78 is 18.8. The second-order valence-corrected chi connectivity index (χ2v) is 3.66. The van der Waals surface area contributed by atoms with Crippen LogP contribution in [0.1, 0.15) is 18.5 Å². The number of halogens is 1. The lowest BCUT2D eigenvalue weighted by Gasteiger charge is -2.13. The van der Waals surface area contributed by atoms with Gasteiger partial charge in [0.05, 0.1) is 0 Å². The van der Waals surface area contributed by atoms with Crippen LogP contribution < -0.4 is 15.4 Å². The Labute approximate surface area is 100 Å². The Morgan fingerprint density at radius 2 is 2.18 bits per heavy atom. The van der Waals surface area contributed by atoms with Crippen LogP contribution in [0.25, 0.3) is 0 Å². The molecule has 1 atom stereocenters. The third-order valence-corrected chi connectivity index (χ3v) is 2.52. The average Bonchev–Trinajstić information content (AvgIpc) is 2.35. The number of rotatable bonds is 5. The van der Waals surface area contributed by atoms with Crippen molar-refractivity contribution in [3.8, 4) is 5.75 Å². The Morgan fingerprint density at radius 3 is 2.71 bits per heavy atom. The SMILES string of the molecule is CNC(=O)COc1ccc(C(C)NC)c(F)c1. The van der Waals surface area contributed by atoms with Gasteiger partial charge < -0.3 is 15.4 Å². The molecular weight excluding hydrogens is 223 g/mol. The Hall–Kier alpha value is -1.62. The number of nitrogens with one attached hydrogen (secondary N) is 2. The van der Waals surface area contributed by atoms with E-state index in [1.54, 1.807) is 19.2 Å². The van der Waals surface area contributed by atoms with Crippen LogP contribution in [-0.4, -0.2) is 26.6 Å². The highest BCUT2D eigenvalue weighted by Gasteiger charge is 2.10. The van der Waals surface area contributed by atoms with E-state index in [0.717, 1.165) is 0 Å². The summed E-state index contributed by atoms with van der Waals surface area (Å²) in [6, 6.07) is 4.51. The van der Waals surface area contributed by atoms with Gasteiger partial charge in [-0.25, -0.2) is 4.39 Å². The molecule has 1 unspecified atom stereocenters. The molecule has 0 bridgehead atoms. The molecule has 0 aliphatic carbocycles. The van der Waals surface area contributed by atoms with Crippen LogP contribution in [-0.2, 0) is 4.79 Å². The molecule has 1 aromatic rings. The molecule has 1 amide bonds. The molecule has 2 N–H and O–H groups in total. The van der Waals surface area contributed by atoms with Crippen molar-refractivity contribution >= 4 is 5.91 Å². The summed E-state index contributed by atoms with van der Waals surface area (Å²) in [5.41, 5.74) is 0.569. The minimum atomic E-state index is -0.346. The standard InChI is InChI=1S/C12H17FN2O2/c1-8(14-2)10-5-4-9(6-11(10)13)17-7-12(16)15-3/h4-6,8,14H,7H2,1-3H3,(H,15,16). The fourth-order valence-electron chi connectivity index (χ4n) is 1.33. The highest BCUT2D eigenvalue weighted by Crippen LogP contribution is 2.21. The largest absolute Gasteiger partial charge is 0.484 e. The number of hydrogen-bond acceptors (Lipinski definition) is 3. The maximum atomic E-state index is 13.7. The molecule has 4 nitrogen and oxygen atoms in total. The van der Waals surface area contributed by atoms with Crippen LogP contribution in [0.5, 0.6) is 5.75 Å². The van der Waals surface area contributed by atoms with Crippen LogP contribution in [0.15, 0.2) is 18.2 Å². The third-order valence-electron chi connectivity index (χ3n) is 2.52. The molecule has 0 heterocycles. The Balaban J connectivity index is 2.72. The number of carbonyl (C=O) groups excluding carboxylic acids is 1. The van der Waals surface area contributed by atoms with E-state index in [0.29, 0.717) is 11.3 Å². The van der Waals surface area contributed by atoms with Crippen LogP contribution in [0, 0.1) is 5.82 Å². The molecule has 0 saturated carbocycles. The summed E-state index contributed by atoms with van der Waals surface area (Å²) in [4.78, 5) is 11.0. The summed E-state index contributed by atoms with van der Waals surface area (Å²) in [5.74, 6) is -0.252. The molecule has 5 heteroatoms. The fourth-order valence-corrected chi connectivity index (χ4v) is 1.33. The van der Waals surface area contributed by atoms with Gasteiger partial charge in [0.25, 0.3) is 5.91 Å². The highest BCUT2D eigenvalue weighted by atomic mass is 19.1. The molecule has 94 valence electrons. The van der Waals surface area contributed by atoms with Crippen molar-refractivity contribution < 1.29 is 13.9 Å². The summed E-state index contributed by atoms with van der Waals surface area (Å²) >= 11 is 0. The molecular formula is C12H17FN2O2. The van der Waals surface area contributed by atoms with Gasteiger partial charge in [0.2, 0.25) is 0 Å². The van der Waals surface area contributed by atoms with Crippen LogP contribution in [0.3, 0.4) is 0 Å². The van der Waals surface area contributed by atoms with Gasteiger partial charge in [-0.2, -0.15) is 0 Å². The summed E-state index contributed by atoms with van der Waals surface area (Å²) in [5, 5.41) is 5.38. The second kappa shape index (κ2) is 6.20. The van der Waals surface area contributed by atoms with E-state index in [-0.39, 0.29) is 24.4 Å². The minimum absolute atomic E-state index is 0.0667. The van der Waals surface area contributed by atoms with Gasteiger partial charge in [0.15, 0.2) is 6.61 Å². The minimum Gasteiger partial charge on any atom is -0.484 e. The third kappa shape index (κ3) is 3.71. The summed E-state index contributed by atoms with van der Waals surface area (Å²) in [6.45, 7) is 1.75. The first-order valence-electron chi connectivity index (χ1n) is 5.38. The van der Waals surface area contributed by atoms with E-state index in [4.69, 9.17) is 4.74 Å². The molecule has 0 spiro atoms. The van der Waals surface area contributed by atoms with E-state index in [9.17, 15) is 9.18 Å². The number of ether oxygens (including phenoxy) is 1. The van der Waals surface area contributed by atoms with Gasteiger partial charge in [-0.05, 0) is 20.0 Å². The number of benzene rings is 1. The first-order valence-corrected chi connectivity index (χ1v) is 5.38. The molecule has 0 aliphatic heterocycles. The van der Waals surface area contributed by atoms with E-state index in [1.807, 2.05) is 6.92 Å². The Kier molecular flexibility index (Phi) is 4.90. The van der Waals surface area contributed by atoms with Crippen molar-refractivity contribution in [1.82, 2.24) is 10.6 Å². The van der Waals surface area contributed by atoms with Gasteiger partial charge in [-0.15, -0.1) is 0 Å². The van der Waals surface area contributed by atoms with Crippen LogP contribution in [0.2, 0.25) is 0 Å². The Morgan fingerprint density at radius 1 is 1.47 bits per heavy atom. The van der Waals surface area contributed by atoms with Crippen molar-refractivity contribution in [3.63, 3.8) is 0 Å². The van der Waals surface area contributed by atoms with Crippen molar-refractivity contribution in [2.75, 3.05) is 20.7 Å². The number of likely N-dealkylation sites (N-methyl/N-ethyl adjacent to an activating group) is 1. The molecule has 0 aromatic heterocycles. The lowest BCUT2D eigenvalue weighted by Crippen LogP contribution is -2.24. The smallest absolute Gasteiger partial charge is 0.257 e. The van der Waals surface area contributed by atoms with Crippen LogP contribution in [0.4, 0.5) is 4.39 Å². The summed E-state index contributed by atoms with van der Waals surface area (Å²) in [7, 11) is 3.28. The molecule has 0 radical (unpaired) electrons. The second-order valence-electron chi connectivity index (χ2n) is 3.66. The molecule has 1 rings (SSSR count). The van der Waals surface area contributed by atoms with E-state index in [2.05, 4.69) is 10.6 Å². The predicted molar refractivity (Wildman–Crippen MR) is 63.4 cm³/mol. The number of amides is 1. The molecule has 0 saturated heterocycles. The monoisotopic (exact) mass is 240 g/mol. The summed E-state index contributed by atoms with van der Waals surface area (Å²) in [6.07, 6.45) is 0. The van der Waals surface area contributed by atoms with E-state index in [1.165, 1.54) is 13.1 Å². The highest BCUT2D eigenvalue weighted by molar-refractivity contribution is 5.77. The first kappa shape index (κ1) is 13.4. The first-order chi connectivity index (χ1) is 8.08. The van der Waals surface area contributed by atoms with Gasteiger partial charge in [-0.1, -0.05) is 6.07 Å². The normalized spacial score (nSPS) is 12.0. The van der Waals surface area contributed by atoms with Crippen molar-refractivity contribution in [2.45, 2.75) is 13.0 Å². The maximum Gasteiger partial charge on any atom is 0.257 e. The quantitative estimate of drug-likeness (QED) is 0.814. The van der Waals surface area contributed by atoms with Crippen molar-refractivity contribution in [3.05, 3.63) is 29.6 Å². The fraction of sp³-hybridized carbons (Fsp3) is 0.417. The lowest BCUT2D eigenvalue weighted by atomic mass is 10.1. The topological polar surface area (TPSA) is 50.4 Å². The van der Waals surface area contributed by atoms with Gasteiger partial charge in [0, 0.05) is 24.7 Å². The van der Waals surface area contributed by atoms with E-state index < -0.39 is 0 Å². The zero-order valence-corrected chi connectivity index (χ0v) is 10.2.